The molecule has 0 aliphatic carbocycles. The van der Waals surface area contributed by atoms with Gasteiger partial charge in [0, 0.05) is 5.56 Å². The van der Waals surface area contributed by atoms with Gasteiger partial charge in [0.2, 0.25) is 5.91 Å². The second-order valence-electron chi connectivity index (χ2n) is 7.46. The Kier molecular flexibility index (Phi) is 7.37. The Hall–Kier alpha value is -3.43. The number of hydrogen-bond acceptors (Lipinski definition) is 5. The largest absolute Gasteiger partial charge is 0.573 e. The first-order valence-electron chi connectivity index (χ1n) is 9.23. The first-order valence-corrected chi connectivity index (χ1v) is 9.23. The fourth-order valence-electron chi connectivity index (χ4n) is 2.48. The normalized spacial score (nSPS) is 11.5. The molecule has 0 radical (unpaired) electrons. The smallest absolute Gasteiger partial charge is 0.492 e. The average Bonchev–Trinajstić information content (AvgIpc) is 2.63. The van der Waals surface area contributed by atoms with Crippen molar-refractivity contribution in [1.29, 1.82) is 0 Å². The third kappa shape index (κ3) is 8.45. The van der Waals surface area contributed by atoms with Gasteiger partial charge in [0.25, 0.3) is 0 Å². The van der Waals surface area contributed by atoms with Crippen molar-refractivity contribution >= 4 is 12.0 Å². The second kappa shape index (κ2) is 9.59. The highest BCUT2D eigenvalue weighted by molar-refractivity contribution is 5.94. The molecule has 3 N–H and O–H groups in total. The van der Waals surface area contributed by atoms with Crippen LogP contribution in [0.25, 0.3) is 11.1 Å². The summed E-state index contributed by atoms with van der Waals surface area (Å²) in [4.78, 5) is 23.3. The maximum Gasteiger partial charge on any atom is 0.573 e. The number of nitrogens with one attached hydrogen (secondary N) is 1. The summed E-state index contributed by atoms with van der Waals surface area (Å²) >= 11 is 0. The van der Waals surface area contributed by atoms with Crippen LogP contribution in [-0.2, 0) is 4.74 Å². The molecule has 0 heterocycles. The van der Waals surface area contributed by atoms with E-state index in [1.165, 1.54) is 24.3 Å². The Balaban J connectivity index is 2.09. The number of hydrogen-bond donors (Lipinski definition) is 2. The van der Waals surface area contributed by atoms with E-state index in [2.05, 4.69) is 10.1 Å². The van der Waals surface area contributed by atoms with Crippen molar-refractivity contribution in [1.82, 2.24) is 5.32 Å². The molecule has 0 saturated carbocycles. The van der Waals surface area contributed by atoms with E-state index in [-0.39, 0.29) is 24.5 Å². The van der Waals surface area contributed by atoms with Gasteiger partial charge in [0.1, 0.15) is 23.7 Å². The van der Waals surface area contributed by atoms with E-state index in [0.717, 1.165) is 12.1 Å². The van der Waals surface area contributed by atoms with Gasteiger partial charge in [-0.05, 0) is 62.2 Å². The molecule has 2 aromatic rings. The van der Waals surface area contributed by atoms with Crippen molar-refractivity contribution in [3.8, 4) is 22.6 Å². The summed E-state index contributed by atoms with van der Waals surface area (Å²) in [5.41, 5.74) is 5.92. The van der Waals surface area contributed by atoms with Crippen LogP contribution < -0.4 is 20.5 Å². The van der Waals surface area contributed by atoms with Gasteiger partial charge in [-0.1, -0.05) is 12.1 Å². The minimum atomic E-state index is -4.79. The van der Waals surface area contributed by atoms with Crippen LogP contribution in [0.3, 0.4) is 0 Å². The highest BCUT2D eigenvalue weighted by Crippen LogP contribution is 2.29. The Morgan fingerprint density at radius 3 is 2.16 bits per heavy atom. The molecule has 7 nitrogen and oxygen atoms in total. The van der Waals surface area contributed by atoms with Crippen LogP contribution in [0.15, 0.2) is 42.5 Å². The Morgan fingerprint density at radius 2 is 1.61 bits per heavy atom. The molecule has 168 valence electrons. The maximum absolute atomic E-state index is 12.3. The van der Waals surface area contributed by atoms with E-state index < -0.39 is 24.0 Å². The highest BCUT2D eigenvalue weighted by Gasteiger charge is 2.31. The van der Waals surface area contributed by atoms with E-state index >= 15 is 0 Å². The molecule has 0 fully saturated rings. The molecule has 2 aromatic carbocycles. The number of benzene rings is 2. The summed E-state index contributed by atoms with van der Waals surface area (Å²) in [6, 6.07) is 9.66. The number of carbonyl (C=O) groups is 2. The SMILES string of the molecule is CC(C)(C)OC(=O)NCCOc1cc(C(N)=O)cc(-c2ccc(OC(F)(F)F)cc2)c1. The summed E-state index contributed by atoms with van der Waals surface area (Å²) < 4.78 is 51.5. The molecule has 0 aliphatic heterocycles. The predicted molar refractivity (Wildman–Crippen MR) is 107 cm³/mol. The quantitative estimate of drug-likeness (QED) is 0.627. The molecule has 0 spiro atoms. The molecule has 2 amide bonds. The fraction of sp³-hybridized carbons (Fsp3) is 0.333. The molecule has 0 bridgehead atoms. The van der Waals surface area contributed by atoms with Gasteiger partial charge in [0.05, 0.1) is 6.54 Å². The zero-order valence-corrected chi connectivity index (χ0v) is 17.2. The molecular formula is C21H23F3N2O5. The first kappa shape index (κ1) is 23.8. The number of nitrogens with two attached hydrogens (primary N) is 1. The van der Waals surface area contributed by atoms with Crippen LogP contribution >= 0.6 is 0 Å². The molecular weight excluding hydrogens is 417 g/mol. The van der Waals surface area contributed by atoms with Gasteiger partial charge < -0.3 is 25.3 Å². The van der Waals surface area contributed by atoms with Crippen molar-refractivity contribution in [2.75, 3.05) is 13.2 Å². The standard InChI is InChI=1S/C21H23F3N2O5/c1-20(2,3)31-19(28)26-8-9-29-17-11-14(10-15(12-17)18(25)27)13-4-6-16(7-5-13)30-21(22,23)24/h4-7,10-12H,8-9H2,1-3H3,(H2,25,27)(H,26,28). The van der Waals surface area contributed by atoms with Gasteiger partial charge in [-0.2, -0.15) is 0 Å². The minimum absolute atomic E-state index is 0.0826. The van der Waals surface area contributed by atoms with Crippen LogP contribution in [0.2, 0.25) is 0 Å². The number of amides is 2. The second-order valence-corrected chi connectivity index (χ2v) is 7.46. The third-order valence-electron chi connectivity index (χ3n) is 3.65. The fourth-order valence-corrected chi connectivity index (χ4v) is 2.48. The summed E-state index contributed by atoms with van der Waals surface area (Å²) in [6.45, 7) is 5.44. The van der Waals surface area contributed by atoms with E-state index in [4.69, 9.17) is 15.2 Å². The summed E-state index contributed by atoms with van der Waals surface area (Å²) in [7, 11) is 0. The van der Waals surface area contributed by atoms with Crippen molar-refractivity contribution in [3.05, 3.63) is 48.0 Å². The molecule has 2 rings (SSSR count). The summed E-state index contributed by atoms with van der Waals surface area (Å²) in [6.07, 6.45) is -5.38. The number of ether oxygens (including phenoxy) is 3. The number of rotatable bonds is 7. The third-order valence-corrected chi connectivity index (χ3v) is 3.65. The average molecular weight is 440 g/mol. The van der Waals surface area contributed by atoms with Crippen LogP contribution in [0.4, 0.5) is 18.0 Å². The van der Waals surface area contributed by atoms with Crippen molar-refractivity contribution in [3.63, 3.8) is 0 Å². The molecule has 0 aromatic heterocycles. The number of alkyl carbamates (subject to hydrolysis) is 1. The Labute approximate surface area is 177 Å². The zero-order chi connectivity index (χ0) is 23.2. The van der Waals surface area contributed by atoms with Crippen molar-refractivity contribution < 1.29 is 37.0 Å². The maximum atomic E-state index is 12.3. The van der Waals surface area contributed by atoms with Crippen LogP contribution in [-0.4, -0.2) is 37.1 Å². The van der Waals surface area contributed by atoms with Gasteiger partial charge in [-0.15, -0.1) is 13.2 Å². The van der Waals surface area contributed by atoms with Crippen LogP contribution in [0.5, 0.6) is 11.5 Å². The lowest BCUT2D eigenvalue weighted by Crippen LogP contribution is -2.34. The van der Waals surface area contributed by atoms with Gasteiger partial charge in [0.15, 0.2) is 0 Å². The molecule has 0 atom stereocenters. The van der Waals surface area contributed by atoms with E-state index in [1.807, 2.05) is 0 Å². The molecule has 10 heteroatoms. The van der Waals surface area contributed by atoms with E-state index in [9.17, 15) is 22.8 Å². The van der Waals surface area contributed by atoms with Crippen molar-refractivity contribution in [2.24, 2.45) is 5.73 Å². The lowest BCUT2D eigenvalue weighted by atomic mass is 10.0. The lowest BCUT2D eigenvalue weighted by Gasteiger charge is -2.19. The number of carbonyl (C=O) groups excluding carboxylic acids is 2. The van der Waals surface area contributed by atoms with Gasteiger partial charge >= 0.3 is 12.5 Å². The Morgan fingerprint density at radius 1 is 0.968 bits per heavy atom. The monoisotopic (exact) mass is 440 g/mol. The number of alkyl halides is 3. The number of primary amides is 1. The zero-order valence-electron chi connectivity index (χ0n) is 17.2. The van der Waals surface area contributed by atoms with Gasteiger partial charge in [-0.25, -0.2) is 4.79 Å². The minimum Gasteiger partial charge on any atom is -0.492 e. The topological polar surface area (TPSA) is 99.9 Å². The summed E-state index contributed by atoms with van der Waals surface area (Å²) in [5, 5.41) is 2.53. The lowest BCUT2D eigenvalue weighted by molar-refractivity contribution is -0.274. The van der Waals surface area contributed by atoms with Crippen molar-refractivity contribution in [2.45, 2.75) is 32.7 Å². The molecule has 0 unspecified atom stereocenters. The van der Waals surface area contributed by atoms with E-state index in [0.29, 0.717) is 16.9 Å². The molecule has 31 heavy (non-hydrogen) atoms. The van der Waals surface area contributed by atoms with E-state index in [1.54, 1.807) is 26.8 Å². The highest BCUT2D eigenvalue weighted by atomic mass is 19.4. The Bertz CT molecular complexity index is 922. The molecule has 0 aliphatic rings. The summed E-state index contributed by atoms with van der Waals surface area (Å²) in [5.74, 6) is -0.768. The van der Waals surface area contributed by atoms with Gasteiger partial charge in [-0.3, -0.25) is 4.79 Å². The van der Waals surface area contributed by atoms with Crippen LogP contribution in [0, 0.1) is 0 Å². The first-order chi connectivity index (χ1) is 14.3. The number of halogens is 3. The predicted octanol–water partition coefficient (Wildman–Crippen LogP) is 4.25. The molecule has 0 saturated heterocycles. The van der Waals surface area contributed by atoms with Crippen LogP contribution in [0.1, 0.15) is 31.1 Å².